The van der Waals surface area contributed by atoms with Crippen molar-refractivity contribution < 1.29 is 33.9 Å². The van der Waals surface area contributed by atoms with Crippen molar-refractivity contribution in [2.24, 2.45) is 46.2 Å². The first-order valence-corrected chi connectivity index (χ1v) is 15.0. The normalized spacial score (nSPS) is 25.9. The van der Waals surface area contributed by atoms with Gasteiger partial charge in [0.15, 0.2) is 0 Å². The van der Waals surface area contributed by atoms with Gasteiger partial charge in [0.25, 0.3) is 5.91 Å². The largest absolute Gasteiger partial charge is 0.480 e. The molecule has 1 aliphatic heterocycles. The van der Waals surface area contributed by atoms with Crippen LogP contribution in [0.3, 0.4) is 0 Å². The summed E-state index contributed by atoms with van der Waals surface area (Å²) >= 11 is 0. The van der Waals surface area contributed by atoms with Gasteiger partial charge in [0.05, 0.1) is 6.04 Å². The van der Waals surface area contributed by atoms with E-state index in [1.807, 2.05) is 0 Å². The van der Waals surface area contributed by atoms with Gasteiger partial charge < -0.3 is 31.7 Å². The van der Waals surface area contributed by atoms with Crippen LogP contribution in [0.5, 0.6) is 0 Å². The lowest BCUT2D eigenvalue weighted by atomic mass is 9.80. The third-order valence-electron chi connectivity index (χ3n) is 9.17. The minimum absolute atomic E-state index is 0.0911. The van der Waals surface area contributed by atoms with Gasteiger partial charge in [-0.1, -0.05) is 74.7 Å². The zero-order valence-corrected chi connectivity index (χ0v) is 26.2. The molecule has 1 saturated heterocycles. The third kappa shape index (κ3) is 7.23. The fourth-order valence-electron chi connectivity index (χ4n) is 6.64. The van der Waals surface area contributed by atoms with Gasteiger partial charge in [-0.15, -0.1) is 0 Å². The molecule has 12 heteroatoms. The number of carbonyl (C=O) groups excluding carboxylic acids is 5. The van der Waals surface area contributed by atoms with Crippen molar-refractivity contribution in [2.45, 2.75) is 105 Å². The number of primary amides is 1. The van der Waals surface area contributed by atoms with Crippen LogP contribution in [-0.2, 0) is 24.0 Å². The van der Waals surface area contributed by atoms with Crippen molar-refractivity contribution in [1.29, 1.82) is 0 Å². The molecule has 0 spiro atoms. The maximum Gasteiger partial charge on any atom is 0.326 e. The minimum Gasteiger partial charge on any atom is -0.480 e. The molecule has 3 aliphatic rings. The van der Waals surface area contributed by atoms with E-state index in [1.165, 1.54) is 4.90 Å². The highest BCUT2D eigenvalue weighted by Crippen LogP contribution is 2.59. The van der Waals surface area contributed by atoms with Crippen molar-refractivity contribution in [3.05, 3.63) is 0 Å². The Morgan fingerprint density at radius 1 is 0.905 bits per heavy atom. The lowest BCUT2D eigenvalue weighted by Crippen LogP contribution is -2.62. The fourth-order valence-corrected chi connectivity index (χ4v) is 6.64. The molecule has 2 aliphatic carbocycles. The van der Waals surface area contributed by atoms with Crippen LogP contribution >= 0.6 is 0 Å². The van der Waals surface area contributed by atoms with Gasteiger partial charge in [-0.2, -0.15) is 0 Å². The Morgan fingerprint density at radius 2 is 1.45 bits per heavy atom. The highest BCUT2D eigenvalue weighted by Gasteiger charge is 2.65. The summed E-state index contributed by atoms with van der Waals surface area (Å²) in [5, 5.41) is 17.6. The van der Waals surface area contributed by atoms with Crippen LogP contribution in [0.15, 0.2) is 0 Å². The number of Topliss-reactive ketones (excluding diaryl/α,β-unsaturated/α-hetero) is 1. The Bertz CT molecular complexity index is 1100. The number of hydrogen-bond donors (Lipinski definition) is 5. The molecule has 0 radical (unpaired) electrons. The van der Waals surface area contributed by atoms with Gasteiger partial charge in [-0.05, 0) is 46.8 Å². The van der Waals surface area contributed by atoms with Gasteiger partial charge in [-0.25, -0.2) is 9.59 Å². The van der Waals surface area contributed by atoms with Crippen molar-refractivity contribution in [2.75, 3.05) is 6.54 Å². The van der Waals surface area contributed by atoms with Crippen LogP contribution in [-0.4, -0.2) is 76.2 Å². The zero-order chi connectivity index (χ0) is 31.9. The van der Waals surface area contributed by atoms with Crippen molar-refractivity contribution in [1.82, 2.24) is 20.9 Å². The van der Waals surface area contributed by atoms with E-state index in [2.05, 4.69) is 29.8 Å². The third-order valence-corrected chi connectivity index (χ3v) is 9.17. The number of hydrogen-bond acceptors (Lipinski definition) is 6. The van der Waals surface area contributed by atoms with E-state index in [1.54, 1.807) is 41.5 Å². The number of carboxylic acid groups (broad SMARTS) is 1. The molecule has 5 amide bonds. The molecule has 0 bridgehead atoms. The predicted octanol–water partition coefficient (Wildman–Crippen LogP) is 1.66. The van der Waals surface area contributed by atoms with Gasteiger partial charge in [0.1, 0.15) is 18.1 Å². The van der Waals surface area contributed by atoms with Crippen LogP contribution in [0.1, 0.15) is 81.1 Å². The molecule has 0 aromatic carbocycles. The second kappa shape index (κ2) is 12.2. The Morgan fingerprint density at radius 3 is 1.88 bits per heavy atom. The average molecular weight is 592 g/mol. The number of fused-ring (bicyclic) bond motifs is 1. The summed E-state index contributed by atoms with van der Waals surface area (Å²) in [6, 6.07) is -5.01. The molecule has 1 heterocycles. The first-order valence-electron chi connectivity index (χ1n) is 15.0. The maximum absolute atomic E-state index is 14.1. The van der Waals surface area contributed by atoms with Crippen molar-refractivity contribution in [3.8, 4) is 0 Å². The first kappa shape index (κ1) is 33.3. The fraction of sp³-hybridized carbons (Fsp3) is 0.800. The lowest BCUT2D eigenvalue weighted by Gasteiger charge is -2.38. The summed E-state index contributed by atoms with van der Waals surface area (Å²) < 4.78 is 0. The number of nitrogens with zero attached hydrogens (tertiary/aromatic N) is 1. The summed E-state index contributed by atoms with van der Waals surface area (Å²) in [6.45, 7) is 14.8. The number of rotatable bonds is 11. The quantitative estimate of drug-likeness (QED) is 0.226. The van der Waals surface area contributed by atoms with E-state index < -0.39 is 70.5 Å². The van der Waals surface area contributed by atoms with E-state index in [0.717, 1.165) is 19.3 Å². The smallest absolute Gasteiger partial charge is 0.326 e. The second-order valence-electron chi connectivity index (χ2n) is 14.9. The summed E-state index contributed by atoms with van der Waals surface area (Å²) in [5.41, 5.74) is 3.73. The molecule has 2 unspecified atom stereocenters. The van der Waals surface area contributed by atoms with E-state index in [9.17, 15) is 33.9 Å². The van der Waals surface area contributed by atoms with Gasteiger partial charge >= 0.3 is 12.0 Å². The predicted molar refractivity (Wildman–Crippen MR) is 155 cm³/mol. The minimum atomic E-state index is -1.20. The highest BCUT2D eigenvalue weighted by atomic mass is 16.4. The molecule has 6 N–H and O–H groups in total. The van der Waals surface area contributed by atoms with Crippen LogP contribution in [0.2, 0.25) is 0 Å². The average Bonchev–Trinajstić information content (AvgIpc) is 3.39. The molecule has 12 nitrogen and oxygen atoms in total. The molecule has 0 aromatic heterocycles. The van der Waals surface area contributed by atoms with E-state index >= 15 is 0 Å². The molecule has 3 fully saturated rings. The number of piperidine rings is 1. The number of aliphatic carboxylic acids is 1. The summed E-state index contributed by atoms with van der Waals surface area (Å²) in [5.74, 6) is -3.45. The number of amides is 5. The van der Waals surface area contributed by atoms with E-state index in [0.29, 0.717) is 13.0 Å². The number of ketones is 1. The second-order valence-corrected chi connectivity index (χ2v) is 14.9. The molecule has 236 valence electrons. The number of likely N-dealkylation sites (tertiary alicyclic amines) is 1. The Hall–Kier alpha value is -3.18. The topological polar surface area (TPSA) is 188 Å². The Kier molecular flexibility index (Phi) is 9.68. The van der Waals surface area contributed by atoms with Crippen LogP contribution in [0, 0.1) is 40.4 Å². The Balaban J connectivity index is 1.85. The number of nitrogens with one attached hydrogen (secondary N) is 3. The molecule has 0 aromatic rings. The van der Waals surface area contributed by atoms with E-state index in [-0.39, 0.29) is 29.6 Å². The van der Waals surface area contributed by atoms with E-state index in [4.69, 9.17) is 5.73 Å². The molecule has 3 rings (SSSR count). The summed E-state index contributed by atoms with van der Waals surface area (Å²) in [6.07, 6.45) is 3.16. The van der Waals surface area contributed by atoms with Crippen molar-refractivity contribution >= 4 is 35.5 Å². The zero-order valence-electron chi connectivity index (χ0n) is 26.2. The number of carbonyl (C=O) groups is 6. The van der Waals surface area contributed by atoms with Crippen LogP contribution in [0.4, 0.5) is 4.79 Å². The molecular formula is C30H49N5O7. The molecular weight excluding hydrogens is 542 g/mol. The van der Waals surface area contributed by atoms with Crippen LogP contribution < -0.4 is 21.7 Å². The number of urea groups is 1. The maximum atomic E-state index is 14.1. The standard InChI is InChI=1S/C30H49N5O7/c1-14(2)18-16-13-35(20(19(16)18)25(38)32-17(21(36)24(31)37)12-15-10-9-11-15)26(39)22(29(3,4)5)33-28(42)34-23(27(40)41)30(6,7)8/h14-20,22-23H,9-13H2,1-8H3,(H2,31,37)(H,32,38)(H,40,41)(H2,33,34,42)/t16-,17?,18?,19-,20+,22-,23+/m1/s1. The summed E-state index contributed by atoms with van der Waals surface area (Å²) in [4.78, 5) is 78.7. The lowest BCUT2D eigenvalue weighted by molar-refractivity contribution is -0.145. The van der Waals surface area contributed by atoms with Crippen LogP contribution in [0.25, 0.3) is 0 Å². The summed E-state index contributed by atoms with van der Waals surface area (Å²) in [7, 11) is 0. The van der Waals surface area contributed by atoms with Gasteiger partial charge in [-0.3, -0.25) is 19.2 Å². The number of nitrogens with two attached hydrogens (primary N) is 1. The van der Waals surface area contributed by atoms with Gasteiger partial charge in [0, 0.05) is 6.54 Å². The molecule has 7 atom stereocenters. The van der Waals surface area contributed by atoms with Gasteiger partial charge in [0.2, 0.25) is 17.6 Å². The molecule has 2 saturated carbocycles. The Labute approximate surface area is 248 Å². The number of carboxylic acids is 1. The first-order chi connectivity index (χ1) is 19.2. The highest BCUT2D eigenvalue weighted by molar-refractivity contribution is 6.37. The van der Waals surface area contributed by atoms with Crippen molar-refractivity contribution in [3.63, 3.8) is 0 Å². The monoisotopic (exact) mass is 591 g/mol. The SMILES string of the molecule is CC(C)C1[C@H]2[C@@H]1CN(C(=O)[C@@H](NC(=O)N[C@@H](C(=O)O)C(C)(C)C)C(C)(C)C)[C@@H]2C(=O)NC(CC1CCC1)C(=O)C(N)=O. The molecule has 42 heavy (non-hydrogen) atoms.